The molecule has 0 saturated heterocycles. The molecule has 1 aromatic rings. The van der Waals surface area contributed by atoms with Gasteiger partial charge in [-0.25, -0.2) is 0 Å². The largest absolute Gasteiger partial charge is 0.298 e. The molecular weight excluding hydrogens is 219 g/mol. The van der Waals surface area contributed by atoms with Crippen LogP contribution in [-0.4, -0.2) is 14.1 Å². The van der Waals surface area contributed by atoms with Crippen molar-refractivity contribution < 1.29 is 4.79 Å². The Bertz CT molecular complexity index is 593. The van der Waals surface area contributed by atoms with Gasteiger partial charge in [0.25, 0.3) is 0 Å². The van der Waals surface area contributed by atoms with Crippen molar-refractivity contribution in [2.75, 3.05) is 0 Å². The van der Waals surface area contributed by atoms with Crippen LogP contribution in [0.25, 0.3) is 5.57 Å². The quantitative estimate of drug-likeness (QED) is 0.538. The maximum absolute atomic E-state index is 10.9. The second kappa shape index (κ2) is 3.71. The van der Waals surface area contributed by atoms with Crippen molar-refractivity contribution >= 4 is 19.7 Å². The van der Waals surface area contributed by atoms with Gasteiger partial charge in [0.2, 0.25) is 0 Å². The summed E-state index contributed by atoms with van der Waals surface area (Å²) in [6.45, 7) is 4.48. The molecule has 2 aliphatic rings. The van der Waals surface area contributed by atoms with Gasteiger partial charge in [-0.05, 0) is 40.5 Å². The van der Waals surface area contributed by atoms with E-state index < -0.39 is 0 Å². The van der Waals surface area contributed by atoms with E-state index in [0.29, 0.717) is 5.92 Å². The van der Waals surface area contributed by atoms with Gasteiger partial charge in [0, 0.05) is 5.56 Å². The number of allylic oxidation sites excluding steroid dienone is 4. The van der Waals surface area contributed by atoms with Crippen LogP contribution in [0.4, 0.5) is 0 Å². The number of fused-ring (bicyclic) bond motifs is 3. The fraction of sp³-hybridized carbons (Fsp3) is 0.312. The van der Waals surface area contributed by atoms with Gasteiger partial charge in [0.1, 0.15) is 14.1 Å². The highest BCUT2D eigenvalue weighted by atomic mass is 16.1. The topological polar surface area (TPSA) is 17.1 Å². The SMILES string of the molecule is [B]C1=CC=C2c3ccc(C=O)cc3C(C)(C)[C@@H]2C1. The van der Waals surface area contributed by atoms with E-state index in [-0.39, 0.29) is 5.41 Å². The molecular formula is C16H15BO. The molecule has 1 atom stereocenters. The Hall–Kier alpha value is -1.57. The first-order valence-electron chi connectivity index (χ1n) is 6.30. The Kier molecular flexibility index (Phi) is 2.38. The summed E-state index contributed by atoms with van der Waals surface area (Å²) in [5.41, 5.74) is 5.65. The van der Waals surface area contributed by atoms with E-state index in [2.05, 4.69) is 26.0 Å². The van der Waals surface area contributed by atoms with Crippen molar-refractivity contribution in [1.82, 2.24) is 0 Å². The fourth-order valence-electron chi connectivity index (χ4n) is 3.26. The average Bonchev–Trinajstić information content (AvgIpc) is 2.58. The summed E-state index contributed by atoms with van der Waals surface area (Å²) >= 11 is 0. The summed E-state index contributed by atoms with van der Waals surface area (Å²) in [7, 11) is 5.96. The van der Waals surface area contributed by atoms with Crippen LogP contribution in [0.15, 0.2) is 35.8 Å². The Morgan fingerprint density at radius 2 is 2.11 bits per heavy atom. The van der Waals surface area contributed by atoms with Gasteiger partial charge in [-0.1, -0.05) is 38.1 Å². The first-order chi connectivity index (χ1) is 8.54. The number of hydrogen-bond acceptors (Lipinski definition) is 1. The van der Waals surface area contributed by atoms with Gasteiger partial charge >= 0.3 is 0 Å². The van der Waals surface area contributed by atoms with E-state index in [1.165, 1.54) is 16.7 Å². The van der Waals surface area contributed by atoms with Gasteiger partial charge in [-0.3, -0.25) is 4.79 Å². The predicted molar refractivity (Wildman–Crippen MR) is 74.8 cm³/mol. The molecule has 88 valence electrons. The number of hydrogen-bond donors (Lipinski definition) is 0. The zero-order chi connectivity index (χ0) is 12.9. The summed E-state index contributed by atoms with van der Waals surface area (Å²) in [5.74, 6) is 0.430. The van der Waals surface area contributed by atoms with Crippen LogP contribution in [0.2, 0.25) is 0 Å². The lowest BCUT2D eigenvalue weighted by molar-refractivity contribution is 0.112. The van der Waals surface area contributed by atoms with Gasteiger partial charge in [0.15, 0.2) is 0 Å². The molecule has 0 amide bonds. The number of carbonyl (C=O) groups is 1. The molecule has 0 bridgehead atoms. The first-order valence-corrected chi connectivity index (χ1v) is 6.30. The fourth-order valence-corrected chi connectivity index (χ4v) is 3.26. The lowest BCUT2D eigenvalue weighted by Gasteiger charge is -2.31. The van der Waals surface area contributed by atoms with Crippen LogP contribution in [-0.2, 0) is 5.41 Å². The van der Waals surface area contributed by atoms with Crippen LogP contribution in [0, 0.1) is 5.92 Å². The van der Waals surface area contributed by atoms with Crippen LogP contribution < -0.4 is 0 Å². The Morgan fingerprint density at radius 3 is 2.83 bits per heavy atom. The lowest BCUT2D eigenvalue weighted by Crippen LogP contribution is -2.25. The molecule has 2 aliphatic carbocycles. The second-order valence-corrected chi connectivity index (χ2v) is 5.76. The zero-order valence-corrected chi connectivity index (χ0v) is 10.7. The van der Waals surface area contributed by atoms with Gasteiger partial charge in [-0.2, -0.15) is 0 Å². The zero-order valence-electron chi connectivity index (χ0n) is 10.7. The molecule has 0 spiro atoms. The molecule has 0 N–H and O–H groups in total. The molecule has 0 aromatic heterocycles. The highest BCUT2D eigenvalue weighted by Crippen LogP contribution is 2.53. The Labute approximate surface area is 109 Å². The van der Waals surface area contributed by atoms with Crippen molar-refractivity contribution in [1.29, 1.82) is 0 Å². The highest BCUT2D eigenvalue weighted by molar-refractivity contribution is 6.22. The summed E-state index contributed by atoms with van der Waals surface area (Å²) < 4.78 is 0. The third-order valence-corrected chi connectivity index (χ3v) is 4.35. The molecule has 1 aromatic carbocycles. The van der Waals surface area contributed by atoms with E-state index >= 15 is 0 Å². The molecule has 3 rings (SSSR count). The number of aldehydes is 1. The number of rotatable bonds is 1. The van der Waals surface area contributed by atoms with Crippen molar-refractivity contribution in [3.05, 3.63) is 52.5 Å². The van der Waals surface area contributed by atoms with E-state index in [4.69, 9.17) is 7.85 Å². The van der Waals surface area contributed by atoms with Crippen molar-refractivity contribution in [3.8, 4) is 0 Å². The van der Waals surface area contributed by atoms with Crippen LogP contribution in [0.3, 0.4) is 0 Å². The van der Waals surface area contributed by atoms with Crippen LogP contribution in [0.5, 0.6) is 0 Å². The third kappa shape index (κ3) is 1.45. The smallest absolute Gasteiger partial charge is 0.150 e. The number of benzene rings is 1. The summed E-state index contributed by atoms with van der Waals surface area (Å²) in [6, 6.07) is 5.99. The Morgan fingerprint density at radius 1 is 1.33 bits per heavy atom. The molecule has 0 fully saturated rings. The molecule has 0 aliphatic heterocycles. The highest BCUT2D eigenvalue weighted by Gasteiger charge is 2.43. The van der Waals surface area contributed by atoms with E-state index in [1.54, 1.807) is 0 Å². The van der Waals surface area contributed by atoms with Crippen LogP contribution in [0.1, 0.15) is 41.8 Å². The van der Waals surface area contributed by atoms with Gasteiger partial charge in [0.05, 0.1) is 0 Å². The summed E-state index contributed by atoms with van der Waals surface area (Å²) in [6.07, 6.45) is 5.96. The number of carbonyl (C=O) groups excluding carboxylic acids is 1. The van der Waals surface area contributed by atoms with Gasteiger partial charge < -0.3 is 0 Å². The molecule has 18 heavy (non-hydrogen) atoms. The lowest BCUT2D eigenvalue weighted by atomic mass is 9.70. The van der Waals surface area contributed by atoms with Crippen molar-refractivity contribution in [2.24, 2.45) is 5.92 Å². The monoisotopic (exact) mass is 234 g/mol. The molecule has 2 radical (unpaired) electrons. The minimum absolute atomic E-state index is 0.0407. The van der Waals surface area contributed by atoms with E-state index in [0.717, 1.165) is 23.7 Å². The van der Waals surface area contributed by atoms with E-state index in [9.17, 15) is 4.79 Å². The first kappa shape index (κ1) is 11.5. The standard InChI is InChI=1S/C16H15BO/c1-16(2)14-7-10(9-18)3-5-12(14)13-6-4-11(17)8-15(13)16/h3-7,9,15H,8H2,1-2H3/t15-/m1/s1. The molecule has 0 unspecified atom stereocenters. The van der Waals surface area contributed by atoms with Crippen LogP contribution >= 0.6 is 0 Å². The molecule has 0 heterocycles. The van der Waals surface area contributed by atoms with Crippen molar-refractivity contribution in [2.45, 2.75) is 25.7 Å². The maximum atomic E-state index is 10.9. The molecule has 0 saturated carbocycles. The van der Waals surface area contributed by atoms with Gasteiger partial charge in [-0.15, -0.1) is 5.47 Å². The third-order valence-electron chi connectivity index (χ3n) is 4.35. The predicted octanol–water partition coefficient (Wildman–Crippen LogP) is 3.25. The summed E-state index contributed by atoms with van der Waals surface area (Å²) in [4.78, 5) is 10.9. The summed E-state index contributed by atoms with van der Waals surface area (Å²) in [5, 5.41) is 0. The maximum Gasteiger partial charge on any atom is 0.150 e. The molecule has 2 heteroatoms. The minimum Gasteiger partial charge on any atom is -0.298 e. The van der Waals surface area contributed by atoms with Crippen molar-refractivity contribution in [3.63, 3.8) is 0 Å². The minimum atomic E-state index is 0.0407. The Balaban J connectivity index is 2.22. The van der Waals surface area contributed by atoms with E-state index in [1.807, 2.05) is 18.2 Å². The average molecular weight is 234 g/mol. The normalized spacial score (nSPS) is 23.8. The molecule has 1 nitrogen and oxygen atoms in total. The second-order valence-electron chi connectivity index (χ2n) is 5.76.